The number of fused-ring (bicyclic) bond motifs is 1. The Morgan fingerprint density at radius 1 is 1.30 bits per heavy atom. The summed E-state index contributed by atoms with van der Waals surface area (Å²) in [5, 5.41) is 0. The maximum atomic E-state index is 11.9. The van der Waals surface area contributed by atoms with Crippen molar-refractivity contribution < 1.29 is 9.21 Å². The molecule has 0 fully saturated rings. The summed E-state index contributed by atoms with van der Waals surface area (Å²) in [5.41, 5.74) is 1.09. The topological polar surface area (TPSA) is 47.5 Å². The lowest BCUT2D eigenvalue weighted by Gasteiger charge is -1.95. The molecule has 20 heavy (non-hydrogen) atoms. The number of carbonyl (C=O) groups is 1. The standard InChI is InChI=1S/C15H14N2O2S/c1-17-12-6-2-3-7-13(12)20-15(17)16-14(18)9-8-11-5-4-10-19-11/h2-7,10H,8-9H2,1H3. The number of benzene rings is 1. The van der Waals surface area contributed by atoms with Gasteiger partial charge in [-0.05, 0) is 24.3 Å². The minimum atomic E-state index is -0.122. The number of hydrogen-bond acceptors (Lipinski definition) is 3. The molecule has 0 atom stereocenters. The molecule has 0 saturated carbocycles. The molecule has 3 rings (SSSR count). The number of furan rings is 1. The van der Waals surface area contributed by atoms with E-state index in [0.717, 1.165) is 20.8 Å². The van der Waals surface area contributed by atoms with Gasteiger partial charge in [0.1, 0.15) is 5.76 Å². The Bertz CT molecular complexity index is 797. The molecule has 1 aromatic carbocycles. The highest BCUT2D eigenvalue weighted by Gasteiger charge is 2.05. The van der Waals surface area contributed by atoms with Gasteiger partial charge in [0.15, 0.2) is 4.80 Å². The van der Waals surface area contributed by atoms with Crippen LogP contribution in [0.3, 0.4) is 0 Å². The first-order valence-corrected chi connectivity index (χ1v) is 7.20. The second-order valence-corrected chi connectivity index (χ2v) is 5.51. The van der Waals surface area contributed by atoms with E-state index in [9.17, 15) is 4.79 Å². The van der Waals surface area contributed by atoms with E-state index in [4.69, 9.17) is 4.42 Å². The van der Waals surface area contributed by atoms with Gasteiger partial charge in [0.2, 0.25) is 5.91 Å². The second-order valence-electron chi connectivity index (χ2n) is 4.50. The third-order valence-electron chi connectivity index (χ3n) is 3.10. The van der Waals surface area contributed by atoms with Crippen LogP contribution in [0.5, 0.6) is 0 Å². The molecule has 0 spiro atoms. The van der Waals surface area contributed by atoms with Crippen LogP contribution in [0.1, 0.15) is 12.2 Å². The van der Waals surface area contributed by atoms with E-state index < -0.39 is 0 Å². The molecule has 4 nitrogen and oxygen atoms in total. The number of nitrogens with zero attached hydrogens (tertiary/aromatic N) is 2. The van der Waals surface area contributed by atoms with Crippen LogP contribution in [0.4, 0.5) is 0 Å². The van der Waals surface area contributed by atoms with Crippen LogP contribution in [0.15, 0.2) is 52.1 Å². The van der Waals surface area contributed by atoms with E-state index in [0.29, 0.717) is 12.8 Å². The summed E-state index contributed by atoms with van der Waals surface area (Å²) in [6.45, 7) is 0. The van der Waals surface area contributed by atoms with Crippen molar-refractivity contribution in [3.8, 4) is 0 Å². The Kier molecular flexibility index (Phi) is 3.52. The Balaban J connectivity index is 1.82. The molecule has 0 unspecified atom stereocenters. The average Bonchev–Trinajstić information content (AvgIpc) is 3.07. The molecule has 0 bridgehead atoms. The number of rotatable bonds is 3. The Labute approximate surface area is 120 Å². The quantitative estimate of drug-likeness (QED) is 0.743. The van der Waals surface area contributed by atoms with Crippen molar-refractivity contribution in [1.29, 1.82) is 0 Å². The third kappa shape index (κ3) is 2.58. The van der Waals surface area contributed by atoms with Crippen molar-refractivity contribution in [2.75, 3.05) is 0 Å². The second kappa shape index (κ2) is 5.46. The zero-order valence-corrected chi connectivity index (χ0v) is 11.9. The summed E-state index contributed by atoms with van der Waals surface area (Å²) in [6, 6.07) is 11.7. The fourth-order valence-electron chi connectivity index (χ4n) is 2.04. The lowest BCUT2D eigenvalue weighted by atomic mass is 10.2. The predicted octanol–water partition coefficient (Wildman–Crippen LogP) is 2.89. The van der Waals surface area contributed by atoms with Gasteiger partial charge in [-0.1, -0.05) is 23.5 Å². The van der Waals surface area contributed by atoms with Crippen molar-refractivity contribution in [3.05, 3.63) is 53.2 Å². The minimum absolute atomic E-state index is 0.122. The van der Waals surface area contributed by atoms with Gasteiger partial charge in [0.05, 0.1) is 16.5 Å². The number of hydrogen-bond donors (Lipinski definition) is 0. The highest BCUT2D eigenvalue weighted by atomic mass is 32.1. The first-order chi connectivity index (χ1) is 9.74. The molecule has 0 N–H and O–H groups in total. The Morgan fingerprint density at radius 2 is 2.15 bits per heavy atom. The van der Waals surface area contributed by atoms with Crippen molar-refractivity contribution in [3.63, 3.8) is 0 Å². The molecule has 1 amide bonds. The maximum absolute atomic E-state index is 11.9. The van der Waals surface area contributed by atoms with Crippen LogP contribution in [0.2, 0.25) is 0 Å². The van der Waals surface area contributed by atoms with Gasteiger partial charge in [0, 0.05) is 19.9 Å². The molecule has 0 aliphatic heterocycles. The normalized spacial score (nSPS) is 12.2. The summed E-state index contributed by atoms with van der Waals surface area (Å²) >= 11 is 1.53. The zero-order chi connectivity index (χ0) is 13.9. The molecule has 3 aromatic rings. The van der Waals surface area contributed by atoms with Gasteiger partial charge in [0.25, 0.3) is 0 Å². The van der Waals surface area contributed by atoms with E-state index in [2.05, 4.69) is 4.99 Å². The monoisotopic (exact) mass is 286 g/mol. The minimum Gasteiger partial charge on any atom is -0.469 e. The number of thiazole rings is 1. The Morgan fingerprint density at radius 3 is 2.90 bits per heavy atom. The van der Waals surface area contributed by atoms with Crippen LogP contribution in [0, 0.1) is 0 Å². The average molecular weight is 286 g/mol. The van der Waals surface area contributed by atoms with Gasteiger partial charge in [-0.3, -0.25) is 4.79 Å². The van der Waals surface area contributed by atoms with Crippen molar-refractivity contribution >= 4 is 27.5 Å². The van der Waals surface area contributed by atoms with Crippen LogP contribution >= 0.6 is 11.3 Å². The van der Waals surface area contributed by atoms with Crippen molar-refractivity contribution in [2.24, 2.45) is 12.0 Å². The van der Waals surface area contributed by atoms with E-state index in [1.54, 1.807) is 6.26 Å². The third-order valence-corrected chi connectivity index (χ3v) is 4.21. The smallest absolute Gasteiger partial charge is 0.248 e. The molecule has 5 heteroatoms. The molecule has 0 aliphatic carbocycles. The highest BCUT2D eigenvalue weighted by Crippen LogP contribution is 2.15. The van der Waals surface area contributed by atoms with Crippen LogP contribution in [0.25, 0.3) is 10.2 Å². The fourth-order valence-corrected chi connectivity index (χ4v) is 3.07. The fraction of sp³-hybridized carbons (Fsp3) is 0.200. The molecular weight excluding hydrogens is 272 g/mol. The number of aromatic nitrogens is 1. The summed E-state index contributed by atoms with van der Waals surface area (Å²) in [7, 11) is 1.93. The van der Waals surface area contributed by atoms with Crippen LogP contribution in [-0.4, -0.2) is 10.5 Å². The maximum Gasteiger partial charge on any atom is 0.248 e. The lowest BCUT2D eigenvalue weighted by molar-refractivity contribution is -0.118. The number of carbonyl (C=O) groups excluding carboxylic acids is 1. The summed E-state index contributed by atoms with van der Waals surface area (Å²) in [4.78, 5) is 16.8. The van der Waals surface area contributed by atoms with Crippen molar-refractivity contribution in [2.45, 2.75) is 12.8 Å². The van der Waals surface area contributed by atoms with Gasteiger partial charge in [-0.25, -0.2) is 0 Å². The Hall–Kier alpha value is -2.14. The molecule has 0 radical (unpaired) electrons. The van der Waals surface area contributed by atoms with Crippen LogP contribution < -0.4 is 4.80 Å². The molecule has 0 saturated heterocycles. The highest BCUT2D eigenvalue weighted by molar-refractivity contribution is 7.16. The molecule has 2 aromatic heterocycles. The van der Waals surface area contributed by atoms with Gasteiger partial charge in [-0.15, -0.1) is 0 Å². The molecular formula is C15H14N2O2S. The largest absolute Gasteiger partial charge is 0.469 e. The first-order valence-electron chi connectivity index (χ1n) is 6.38. The van der Waals surface area contributed by atoms with E-state index in [1.807, 2.05) is 48.0 Å². The number of para-hydroxylation sites is 1. The zero-order valence-electron chi connectivity index (χ0n) is 11.1. The van der Waals surface area contributed by atoms with E-state index in [1.165, 1.54) is 11.3 Å². The van der Waals surface area contributed by atoms with Gasteiger partial charge < -0.3 is 8.98 Å². The molecule has 102 valence electrons. The van der Waals surface area contributed by atoms with Gasteiger partial charge in [-0.2, -0.15) is 4.99 Å². The van der Waals surface area contributed by atoms with E-state index >= 15 is 0 Å². The lowest BCUT2D eigenvalue weighted by Crippen LogP contribution is -2.13. The molecule has 0 aliphatic rings. The summed E-state index contributed by atoms with van der Waals surface area (Å²) in [5.74, 6) is 0.692. The number of amides is 1. The summed E-state index contributed by atoms with van der Waals surface area (Å²) < 4.78 is 8.29. The SMILES string of the molecule is Cn1c(=NC(=O)CCc2ccco2)sc2ccccc21. The van der Waals surface area contributed by atoms with E-state index in [-0.39, 0.29) is 5.91 Å². The van der Waals surface area contributed by atoms with Crippen molar-refractivity contribution in [1.82, 2.24) is 4.57 Å². The molecule has 2 heterocycles. The summed E-state index contributed by atoms with van der Waals surface area (Å²) in [6.07, 6.45) is 2.56. The van der Waals surface area contributed by atoms with Crippen LogP contribution in [-0.2, 0) is 18.3 Å². The first kappa shape index (κ1) is 12.9. The van der Waals surface area contributed by atoms with Gasteiger partial charge >= 0.3 is 0 Å². The predicted molar refractivity (Wildman–Crippen MR) is 78.4 cm³/mol. The number of aryl methyl sites for hydroxylation is 2.